The molecule has 2 heterocycles. The summed E-state index contributed by atoms with van der Waals surface area (Å²) < 4.78 is 49.7. The van der Waals surface area contributed by atoms with Crippen molar-refractivity contribution < 1.29 is 46.5 Å². The van der Waals surface area contributed by atoms with Crippen LogP contribution >= 0.6 is 11.6 Å². The summed E-state index contributed by atoms with van der Waals surface area (Å²) in [6, 6.07) is 4.95. The molecule has 0 radical (unpaired) electrons. The number of nitrogens with two attached hydrogens (primary N) is 1. The van der Waals surface area contributed by atoms with Crippen LogP contribution in [0.15, 0.2) is 36.4 Å². The van der Waals surface area contributed by atoms with Gasteiger partial charge in [0.15, 0.2) is 0 Å². The number of fused-ring (bicyclic) bond motifs is 1. The van der Waals surface area contributed by atoms with Gasteiger partial charge in [-0.15, -0.1) is 0 Å². The van der Waals surface area contributed by atoms with Crippen molar-refractivity contribution >= 4 is 56.2 Å². The van der Waals surface area contributed by atoms with Crippen LogP contribution in [0.3, 0.4) is 0 Å². The smallest absolute Gasteiger partial charge is 0.408 e. The SMILES string of the molecule is COCCOc1cc2c(Cl)cccc2c(O[C@@H]2C[C@@H](C(N)=O)N(C(=O)[C@@H](NC(=O)OC(C)(C)C)[C@H](C)C[C@H](C)CC/C=C\[C@@H]3CCCC3C(=O)NS(=O)(=O)C3(C)CC3)C2)n1. The van der Waals surface area contributed by atoms with Crippen LogP contribution in [0.25, 0.3) is 10.8 Å². The average Bonchev–Trinajstić information content (AvgIpc) is 3.54. The maximum atomic E-state index is 14.5. The van der Waals surface area contributed by atoms with Gasteiger partial charge in [-0.25, -0.2) is 13.2 Å². The molecule has 2 aromatic rings. The second kappa shape index (κ2) is 19.7. The number of halogens is 1. The molecule has 1 unspecified atom stereocenters. The number of amides is 4. The molecular formula is C43H62ClN5O10S. The van der Waals surface area contributed by atoms with E-state index < -0.39 is 62.4 Å². The Balaban J connectivity index is 1.26. The molecular weight excluding hydrogens is 814 g/mol. The maximum absolute atomic E-state index is 14.5. The molecule has 4 N–H and O–H groups in total. The van der Waals surface area contributed by atoms with E-state index in [2.05, 4.69) is 21.9 Å². The zero-order valence-corrected chi connectivity index (χ0v) is 37.4. The first kappa shape index (κ1) is 46.9. The molecule has 4 amide bonds. The Kier molecular flexibility index (Phi) is 15.4. The zero-order chi connectivity index (χ0) is 44.0. The lowest BCUT2D eigenvalue weighted by atomic mass is 9.87. The van der Waals surface area contributed by atoms with Crippen LogP contribution < -0.4 is 25.2 Å². The van der Waals surface area contributed by atoms with Crippen LogP contribution in [-0.4, -0.2) is 97.5 Å². The van der Waals surface area contributed by atoms with E-state index in [1.54, 1.807) is 59.1 Å². The minimum absolute atomic E-state index is 0.00403. The van der Waals surface area contributed by atoms with Crippen LogP contribution in [0.2, 0.25) is 5.02 Å². The van der Waals surface area contributed by atoms with E-state index in [1.807, 2.05) is 19.1 Å². The van der Waals surface area contributed by atoms with E-state index in [-0.39, 0.29) is 55.0 Å². The van der Waals surface area contributed by atoms with Crippen molar-refractivity contribution in [2.45, 2.75) is 128 Å². The third-order valence-corrected chi connectivity index (χ3v) is 14.2. The first-order valence-corrected chi connectivity index (χ1v) is 22.8. The molecule has 2 aliphatic carbocycles. The molecule has 1 aliphatic heterocycles. The first-order chi connectivity index (χ1) is 28.2. The third-order valence-electron chi connectivity index (χ3n) is 11.7. The number of aromatic nitrogens is 1. The number of methoxy groups -OCH3 is 1. The van der Waals surface area contributed by atoms with Gasteiger partial charge in [0, 0.05) is 41.3 Å². The number of benzene rings is 1. The second-order valence-electron chi connectivity index (χ2n) is 17.9. The molecule has 5 rings (SSSR count). The van der Waals surface area contributed by atoms with Gasteiger partial charge in [0.2, 0.25) is 39.5 Å². The summed E-state index contributed by atoms with van der Waals surface area (Å²) in [7, 11) is -2.13. The van der Waals surface area contributed by atoms with Crippen LogP contribution in [0, 0.1) is 23.7 Å². The van der Waals surface area contributed by atoms with Crippen LogP contribution in [-0.2, 0) is 33.9 Å². The minimum atomic E-state index is -3.70. The summed E-state index contributed by atoms with van der Waals surface area (Å²) in [4.78, 5) is 59.6. The van der Waals surface area contributed by atoms with Gasteiger partial charge in [-0.3, -0.25) is 19.1 Å². The Morgan fingerprint density at radius 3 is 2.52 bits per heavy atom. The number of likely N-dealkylation sites (tertiary alicyclic amines) is 1. The summed E-state index contributed by atoms with van der Waals surface area (Å²) in [5.74, 6) is -1.85. The van der Waals surface area contributed by atoms with E-state index in [4.69, 9.17) is 36.3 Å². The second-order valence-corrected chi connectivity index (χ2v) is 20.5. The molecule has 3 aliphatic rings. The topological polar surface area (TPSA) is 206 Å². The van der Waals surface area contributed by atoms with Crippen molar-refractivity contribution in [3.8, 4) is 11.8 Å². The van der Waals surface area contributed by atoms with Crippen LogP contribution in [0.4, 0.5) is 4.79 Å². The van der Waals surface area contributed by atoms with Gasteiger partial charge in [0.05, 0.1) is 17.9 Å². The number of hydrogen-bond donors (Lipinski definition) is 3. The minimum Gasteiger partial charge on any atom is -0.475 e. The average molecular weight is 877 g/mol. The third kappa shape index (κ3) is 12.0. The number of sulfonamides is 1. The number of pyridine rings is 1. The fourth-order valence-corrected chi connectivity index (χ4v) is 9.59. The molecule has 332 valence electrons. The highest BCUT2D eigenvalue weighted by atomic mass is 35.5. The highest BCUT2D eigenvalue weighted by Gasteiger charge is 2.51. The van der Waals surface area contributed by atoms with Crippen molar-refractivity contribution in [1.29, 1.82) is 0 Å². The van der Waals surface area contributed by atoms with E-state index in [0.29, 0.717) is 54.5 Å². The molecule has 1 aromatic carbocycles. The molecule has 1 saturated heterocycles. The predicted octanol–water partition coefficient (Wildman–Crippen LogP) is 6.05. The quantitative estimate of drug-likeness (QED) is 0.109. The number of primary amides is 1. The normalized spacial score (nSPS) is 22.9. The lowest BCUT2D eigenvalue weighted by Crippen LogP contribution is -2.56. The monoisotopic (exact) mass is 875 g/mol. The summed E-state index contributed by atoms with van der Waals surface area (Å²) in [6.07, 6.45) is 8.14. The lowest BCUT2D eigenvalue weighted by Gasteiger charge is -2.32. The molecule has 2 saturated carbocycles. The van der Waals surface area contributed by atoms with Crippen LogP contribution in [0.1, 0.15) is 99.3 Å². The van der Waals surface area contributed by atoms with Gasteiger partial charge in [-0.05, 0) is 103 Å². The van der Waals surface area contributed by atoms with Crippen LogP contribution in [0.5, 0.6) is 11.8 Å². The molecule has 0 spiro atoms. The standard InChI is InChI=1S/C43H62ClN5O10S/c1-26(12-8-9-13-28-14-10-15-30(28)38(51)48-60(54,55)43(6)18-19-43)22-27(2)36(47-41(53)59-42(3,4)5)40(52)49-25-29(23-34(49)37(45)50)58-39-31-16-11-17-33(44)32(31)24-35(46-39)57-21-20-56-7/h9,11,13,16-17,24,26-30,34,36H,8,10,12,14-15,18-23,25H2,1-7H3,(H2,45,50)(H,47,53)(H,48,51)/b13-9-/t26-,27-,28-,29-,30?,34+,36+/m1/s1. The molecule has 7 atom stereocenters. The Bertz CT molecular complexity index is 2020. The highest BCUT2D eigenvalue weighted by molar-refractivity contribution is 7.91. The molecule has 1 aromatic heterocycles. The maximum Gasteiger partial charge on any atom is 0.408 e. The number of alkyl carbamates (subject to hydrolysis) is 1. The Labute approximate surface area is 358 Å². The fourth-order valence-electron chi connectivity index (χ4n) is 8.06. The van der Waals surface area contributed by atoms with Gasteiger partial charge >= 0.3 is 6.09 Å². The zero-order valence-electron chi connectivity index (χ0n) is 35.8. The number of rotatable bonds is 19. The summed E-state index contributed by atoms with van der Waals surface area (Å²) >= 11 is 6.54. The van der Waals surface area contributed by atoms with E-state index in [0.717, 1.165) is 19.3 Å². The van der Waals surface area contributed by atoms with Gasteiger partial charge < -0.3 is 34.9 Å². The van der Waals surface area contributed by atoms with Crippen molar-refractivity contribution in [3.63, 3.8) is 0 Å². The number of nitrogens with one attached hydrogen (secondary N) is 2. The summed E-state index contributed by atoms with van der Waals surface area (Å²) in [5.41, 5.74) is 5.06. The van der Waals surface area contributed by atoms with E-state index in [1.165, 1.54) is 4.90 Å². The van der Waals surface area contributed by atoms with Crippen molar-refractivity contribution in [2.24, 2.45) is 29.4 Å². The largest absolute Gasteiger partial charge is 0.475 e. The van der Waals surface area contributed by atoms with Gasteiger partial charge in [0.1, 0.15) is 30.4 Å². The Hall–Kier alpha value is -4.15. The number of ether oxygens (including phenoxy) is 4. The van der Waals surface area contributed by atoms with Gasteiger partial charge in [-0.2, -0.15) is 4.98 Å². The Morgan fingerprint density at radius 1 is 1.12 bits per heavy atom. The summed E-state index contributed by atoms with van der Waals surface area (Å²) in [6.45, 7) is 11.4. The van der Waals surface area contributed by atoms with Crippen molar-refractivity contribution in [3.05, 3.63) is 41.4 Å². The number of carbonyl (C=O) groups excluding carboxylic acids is 4. The molecule has 0 bridgehead atoms. The number of carbonyl (C=O) groups is 4. The molecule has 17 heteroatoms. The fraction of sp³-hybridized carbons (Fsp3) is 0.651. The van der Waals surface area contributed by atoms with Gasteiger partial charge in [-0.1, -0.05) is 50.1 Å². The number of nitrogens with zero attached hydrogens (tertiary/aromatic N) is 2. The Morgan fingerprint density at radius 2 is 1.85 bits per heavy atom. The van der Waals surface area contributed by atoms with E-state index >= 15 is 0 Å². The summed E-state index contributed by atoms with van der Waals surface area (Å²) in [5, 5.41) is 4.53. The van der Waals surface area contributed by atoms with Gasteiger partial charge in [0.25, 0.3) is 0 Å². The highest BCUT2D eigenvalue weighted by Crippen LogP contribution is 2.43. The number of hydrogen-bond acceptors (Lipinski definition) is 11. The van der Waals surface area contributed by atoms with E-state index in [9.17, 15) is 27.6 Å². The molecule has 15 nitrogen and oxygen atoms in total. The predicted molar refractivity (Wildman–Crippen MR) is 228 cm³/mol. The lowest BCUT2D eigenvalue weighted by molar-refractivity contribution is -0.140. The first-order valence-electron chi connectivity index (χ1n) is 20.9. The van der Waals surface area contributed by atoms with Crippen molar-refractivity contribution in [1.82, 2.24) is 19.9 Å². The molecule has 60 heavy (non-hydrogen) atoms. The number of allylic oxidation sites excluding steroid dienone is 2. The van der Waals surface area contributed by atoms with Crippen molar-refractivity contribution in [2.75, 3.05) is 26.9 Å². The molecule has 3 fully saturated rings.